The minimum Gasteiger partial charge on any atom is -0.465 e. The molecular formula is C14H10ClF3N2O3. The fraction of sp³-hybridized carbons (Fsp3) is 0.214. The van der Waals surface area contributed by atoms with Gasteiger partial charge in [-0.1, -0.05) is 11.6 Å². The molecule has 23 heavy (non-hydrogen) atoms. The SMILES string of the molecule is COC(=O)c1c(Oc2ccc(Cl)cc2)nnc(C(F)(F)F)c1C. The first-order valence-corrected chi connectivity index (χ1v) is 6.58. The lowest BCUT2D eigenvalue weighted by Crippen LogP contribution is -2.17. The van der Waals surface area contributed by atoms with Gasteiger partial charge in [-0.05, 0) is 31.2 Å². The molecule has 5 nitrogen and oxygen atoms in total. The molecule has 0 amide bonds. The van der Waals surface area contributed by atoms with Crippen LogP contribution in [0.5, 0.6) is 11.6 Å². The molecule has 0 N–H and O–H groups in total. The summed E-state index contributed by atoms with van der Waals surface area (Å²) in [6, 6.07) is 5.97. The van der Waals surface area contributed by atoms with E-state index in [4.69, 9.17) is 16.3 Å². The van der Waals surface area contributed by atoms with Gasteiger partial charge in [-0.15, -0.1) is 10.2 Å². The number of methoxy groups -OCH3 is 1. The molecule has 0 aliphatic heterocycles. The van der Waals surface area contributed by atoms with Gasteiger partial charge in [0.25, 0.3) is 5.88 Å². The molecule has 2 aromatic rings. The van der Waals surface area contributed by atoms with Crippen molar-refractivity contribution in [2.75, 3.05) is 7.11 Å². The maximum absolute atomic E-state index is 12.9. The fourth-order valence-corrected chi connectivity index (χ4v) is 1.92. The Kier molecular flexibility index (Phi) is 4.74. The van der Waals surface area contributed by atoms with Crippen LogP contribution in [-0.4, -0.2) is 23.3 Å². The van der Waals surface area contributed by atoms with Gasteiger partial charge in [0, 0.05) is 10.6 Å². The average Bonchev–Trinajstić information content (AvgIpc) is 2.48. The average molecular weight is 347 g/mol. The largest absolute Gasteiger partial charge is 0.465 e. The molecule has 0 fully saturated rings. The van der Waals surface area contributed by atoms with Crippen molar-refractivity contribution in [3.8, 4) is 11.6 Å². The molecule has 1 heterocycles. The summed E-state index contributed by atoms with van der Waals surface area (Å²) in [6.07, 6.45) is -4.75. The van der Waals surface area contributed by atoms with Gasteiger partial charge in [-0.3, -0.25) is 0 Å². The van der Waals surface area contributed by atoms with Crippen LogP contribution in [0.2, 0.25) is 5.02 Å². The summed E-state index contributed by atoms with van der Waals surface area (Å²) >= 11 is 5.73. The molecule has 0 radical (unpaired) electrons. The first-order chi connectivity index (χ1) is 10.7. The van der Waals surface area contributed by atoms with Crippen molar-refractivity contribution in [2.24, 2.45) is 0 Å². The summed E-state index contributed by atoms with van der Waals surface area (Å²) in [6.45, 7) is 1.10. The second kappa shape index (κ2) is 6.41. The van der Waals surface area contributed by atoms with E-state index in [0.29, 0.717) is 5.02 Å². The molecule has 2 rings (SSSR count). The molecule has 0 bridgehead atoms. The maximum atomic E-state index is 12.9. The van der Waals surface area contributed by atoms with E-state index in [1.807, 2.05) is 0 Å². The first kappa shape index (κ1) is 17.0. The predicted molar refractivity (Wildman–Crippen MR) is 74.6 cm³/mol. The van der Waals surface area contributed by atoms with Crippen molar-refractivity contribution in [1.29, 1.82) is 0 Å². The van der Waals surface area contributed by atoms with Crippen LogP contribution in [0.15, 0.2) is 24.3 Å². The van der Waals surface area contributed by atoms with Crippen molar-refractivity contribution in [3.05, 3.63) is 46.1 Å². The van der Waals surface area contributed by atoms with Gasteiger partial charge < -0.3 is 9.47 Å². The Labute approximate surface area is 134 Å². The summed E-state index contributed by atoms with van der Waals surface area (Å²) in [7, 11) is 1.04. The first-order valence-electron chi connectivity index (χ1n) is 6.20. The minimum atomic E-state index is -4.75. The zero-order valence-electron chi connectivity index (χ0n) is 11.9. The molecular weight excluding hydrogens is 337 g/mol. The normalized spacial score (nSPS) is 11.2. The molecule has 0 saturated heterocycles. The highest BCUT2D eigenvalue weighted by atomic mass is 35.5. The van der Waals surface area contributed by atoms with Crippen molar-refractivity contribution in [1.82, 2.24) is 10.2 Å². The molecule has 0 aliphatic rings. The standard InChI is InChI=1S/C14H10ClF3N2O3/c1-7-10(13(21)22-2)12(20-19-11(7)14(16,17)18)23-9-5-3-8(15)4-6-9/h3-6H,1-2H3. The second-order valence-electron chi connectivity index (χ2n) is 4.40. The Bertz CT molecular complexity index is 733. The molecule has 0 spiro atoms. The summed E-state index contributed by atoms with van der Waals surface area (Å²) in [5.41, 5.74) is -2.14. The number of hydrogen-bond donors (Lipinski definition) is 0. The number of halogens is 4. The second-order valence-corrected chi connectivity index (χ2v) is 4.84. The molecule has 1 aromatic carbocycles. The number of nitrogens with zero attached hydrogens (tertiary/aromatic N) is 2. The van der Waals surface area contributed by atoms with Crippen LogP contribution < -0.4 is 4.74 Å². The van der Waals surface area contributed by atoms with Crippen LogP contribution in [0, 0.1) is 6.92 Å². The van der Waals surface area contributed by atoms with Gasteiger partial charge in [0.2, 0.25) is 0 Å². The number of esters is 1. The lowest BCUT2D eigenvalue weighted by Gasteiger charge is -2.14. The Balaban J connectivity index is 2.52. The number of alkyl halides is 3. The Morgan fingerprint density at radius 1 is 1.17 bits per heavy atom. The monoisotopic (exact) mass is 346 g/mol. The van der Waals surface area contributed by atoms with Gasteiger partial charge in [-0.25, -0.2) is 4.79 Å². The number of rotatable bonds is 3. The summed E-state index contributed by atoms with van der Waals surface area (Å²) in [4.78, 5) is 11.8. The third kappa shape index (κ3) is 3.70. The van der Waals surface area contributed by atoms with Crippen molar-refractivity contribution in [3.63, 3.8) is 0 Å². The van der Waals surface area contributed by atoms with Gasteiger partial charge in [0.05, 0.1) is 7.11 Å². The summed E-state index contributed by atoms with van der Waals surface area (Å²) < 4.78 is 48.5. The highest BCUT2D eigenvalue weighted by Gasteiger charge is 2.38. The number of ether oxygens (including phenoxy) is 2. The van der Waals surface area contributed by atoms with E-state index in [2.05, 4.69) is 14.9 Å². The number of carbonyl (C=O) groups is 1. The Hall–Kier alpha value is -2.35. The molecule has 0 aliphatic carbocycles. The molecule has 0 saturated carbocycles. The maximum Gasteiger partial charge on any atom is 0.435 e. The van der Waals surface area contributed by atoms with Gasteiger partial charge in [0.1, 0.15) is 11.3 Å². The van der Waals surface area contributed by atoms with E-state index < -0.39 is 29.0 Å². The smallest absolute Gasteiger partial charge is 0.435 e. The number of benzene rings is 1. The highest BCUT2D eigenvalue weighted by Crippen LogP contribution is 2.34. The van der Waals surface area contributed by atoms with E-state index in [0.717, 1.165) is 14.0 Å². The third-order valence-corrected chi connectivity index (χ3v) is 3.12. The zero-order valence-corrected chi connectivity index (χ0v) is 12.7. The van der Waals surface area contributed by atoms with E-state index in [-0.39, 0.29) is 11.6 Å². The van der Waals surface area contributed by atoms with Crippen LogP contribution in [0.4, 0.5) is 13.2 Å². The Morgan fingerprint density at radius 2 is 1.78 bits per heavy atom. The molecule has 0 unspecified atom stereocenters. The quantitative estimate of drug-likeness (QED) is 0.785. The molecule has 1 aromatic heterocycles. The van der Waals surface area contributed by atoms with E-state index in [9.17, 15) is 18.0 Å². The number of aromatic nitrogens is 2. The lowest BCUT2D eigenvalue weighted by atomic mass is 10.1. The van der Waals surface area contributed by atoms with E-state index in [1.165, 1.54) is 24.3 Å². The van der Waals surface area contributed by atoms with Crippen molar-refractivity contribution >= 4 is 17.6 Å². The van der Waals surface area contributed by atoms with Crippen molar-refractivity contribution in [2.45, 2.75) is 13.1 Å². The van der Waals surface area contributed by atoms with Crippen LogP contribution in [0.3, 0.4) is 0 Å². The number of carbonyl (C=O) groups excluding carboxylic acids is 1. The van der Waals surface area contributed by atoms with Crippen LogP contribution >= 0.6 is 11.6 Å². The lowest BCUT2D eigenvalue weighted by molar-refractivity contribution is -0.142. The predicted octanol–water partition coefficient (Wildman–Crippen LogP) is 4.04. The molecule has 0 atom stereocenters. The Morgan fingerprint density at radius 3 is 2.30 bits per heavy atom. The third-order valence-electron chi connectivity index (χ3n) is 2.87. The number of hydrogen-bond acceptors (Lipinski definition) is 5. The van der Waals surface area contributed by atoms with Crippen molar-refractivity contribution < 1.29 is 27.4 Å². The highest BCUT2D eigenvalue weighted by molar-refractivity contribution is 6.30. The fourth-order valence-electron chi connectivity index (χ4n) is 1.80. The van der Waals surface area contributed by atoms with Crippen LogP contribution in [0.1, 0.15) is 21.6 Å². The topological polar surface area (TPSA) is 61.3 Å². The minimum absolute atomic E-state index is 0.230. The van der Waals surface area contributed by atoms with Gasteiger partial charge >= 0.3 is 12.1 Å². The van der Waals surface area contributed by atoms with E-state index >= 15 is 0 Å². The summed E-state index contributed by atoms with van der Waals surface area (Å²) in [5, 5.41) is 6.92. The molecule has 122 valence electrons. The zero-order chi connectivity index (χ0) is 17.2. The van der Waals surface area contributed by atoms with Crippen LogP contribution in [-0.2, 0) is 10.9 Å². The summed E-state index contributed by atoms with van der Waals surface area (Å²) in [5.74, 6) is -1.16. The van der Waals surface area contributed by atoms with Gasteiger partial charge in [0.15, 0.2) is 5.69 Å². The van der Waals surface area contributed by atoms with E-state index in [1.54, 1.807) is 0 Å². The molecule has 9 heteroatoms. The van der Waals surface area contributed by atoms with Gasteiger partial charge in [-0.2, -0.15) is 13.2 Å². The van der Waals surface area contributed by atoms with Crippen LogP contribution in [0.25, 0.3) is 0 Å².